The Hall–Kier alpha value is -4.03. The number of thiol groups is 1. The van der Waals surface area contributed by atoms with E-state index in [-0.39, 0.29) is 12.3 Å². The first-order valence-electron chi connectivity index (χ1n) is 15.9. The van der Waals surface area contributed by atoms with Crippen LogP contribution >= 0.6 is 12.6 Å². The number of carbonyl (C=O) groups is 4. The molecule has 0 spiro atoms. The van der Waals surface area contributed by atoms with Crippen LogP contribution in [0.3, 0.4) is 0 Å². The summed E-state index contributed by atoms with van der Waals surface area (Å²) in [6.07, 6.45) is 2.00. The first kappa shape index (κ1) is 40.1. The molecule has 3 amide bonds. The Morgan fingerprint density at radius 1 is 0.854 bits per heavy atom. The minimum atomic E-state index is -1.01. The van der Waals surface area contributed by atoms with E-state index < -0.39 is 47.9 Å². The Bertz CT molecular complexity index is 1380. The number of ether oxygens (including phenoxy) is 4. The highest BCUT2D eigenvalue weighted by Gasteiger charge is 2.37. The van der Waals surface area contributed by atoms with E-state index in [1.54, 1.807) is 46.3 Å². The van der Waals surface area contributed by atoms with Gasteiger partial charge >= 0.3 is 5.97 Å². The van der Waals surface area contributed by atoms with E-state index in [1.807, 2.05) is 50.2 Å². The van der Waals surface area contributed by atoms with Crippen LogP contribution in [0.5, 0.6) is 11.5 Å². The minimum Gasteiger partial charge on any atom is -0.497 e. The highest BCUT2D eigenvalue weighted by Crippen LogP contribution is 2.19. The summed E-state index contributed by atoms with van der Waals surface area (Å²) >= 11 is 4.40. The fourth-order valence-corrected chi connectivity index (χ4v) is 5.26. The molecule has 0 aliphatic heterocycles. The number of benzene rings is 2. The van der Waals surface area contributed by atoms with Gasteiger partial charge < -0.3 is 34.1 Å². The summed E-state index contributed by atoms with van der Waals surface area (Å²) < 4.78 is 21.4. The lowest BCUT2D eigenvalue weighted by Crippen LogP contribution is -2.57. The number of hydrogen-bond donors (Lipinski definition) is 2. The monoisotopic (exact) mass is 685 g/mol. The van der Waals surface area contributed by atoms with Crippen molar-refractivity contribution in [1.82, 2.24) is 15.1 Å². The van der Waals surface area contributed by atoms with Gasteiger partial charge in [-0.25, -0.2) is 4.79 Å². The molecule has 11 nitrogen and oxygen atoms in total. The van der Waals surface area contributed by atoms with E-state index >= 15 is 0 Å². The van der Waals surface area contributed by atoms with Gasteiger partial charge in [-0.15, -0.1) is 0 Å². The van der Waals surface area contributed by atoms with Crippen molar-refractivity contribution in [3.05, 3.63) is 71.3 Å². The van der Waals surface area contributed by atoms with Crippen LogP contribution in [0.1, 0.15) is 45.2 Å². The molecule has 0 bridgehead atoms. The smallest absolute Gasteiger partial charge is 0.328 e. The van der Waals surface area contributed by atoms with E-state index in [0.717, 1.165) is 16.9 Å². The standard InChI is InChI=1S/C36H51N3O8S/c1-10-23(2)32(36(43)46-9)39(6)34(41)25(4)38(5)35(42)31(20-26-11-15-28(44-7)16-12-26)37-33(40)24(3)19-30(22-48)47-21-27-13-17-29(45-8)18-14-27/h11-19,23,25,30-32,48H,10,20-22H2,1-9H3,(H,37,40)/b24-19+/t23-,25-,30+,31-,32-/m0/s1. The SMILES string of the molecule is CC[C@H](C)[C@@H](C(=O)OC)N(C)C(=O)[C@H](C)N(C)C(=O)[C@H](Cc1ccc(OC)cc1)NC(=O)/C(C)=C/[C@H](CS)OCc1ccc(OC)cc1. The zero-order valence-corrected chi connectivity index (χ0v) is 30.4. The molecule has 2 aromatic carbocycles. The van der Waals surface area contributed by atoms with Gasteiger partial charge in [0.15, 0.2) is 0 Å². The van der Waals surface area contributed by atoms with Crippen molar-refractivity contribution in [2.45, 2.75) is 71.4 Å². The molecule has 0 heterocycles. The van der Waals surface area contributed by atoms with Crippen molar-refractivity contribution in [2.75, 3.05) is 41.2 Å². The van der Waals surface area contributed by atoms with Crippen molar-refractivity contribution in [2.24, 2.45) is 5.92 Å². The van der Waals surface area contributed by atoms with Crippen LogP contribution in [0.4, 0.5) is 0 Å². The van der Waals surface area contributed by atoms with Gasteiger partial charge in [-0.2, -0.15) is 12.6 Å². The number of amides is 3. The molecule has 48 heavy (non-hydrogen) atoms. The van der Waals surface area contributed by atoms with E-state index in [4.69, 9.17) is 18.9 Å². The van der Waals surface area contributed by atoms with Gasteiger partial charge in [0.25, 0.3) is 0 Å². The van der Waals surface area contributed by atoms with Crippen LogP contribution in [-0.4, -0.2) is 98.9 Å². The second kappa shape index (κ2) is 19.7. The maximum absolute atomic E-state index is 14.0. The molecular formula is C36H51N3O8S. The summed E-state index contributed by atoms with van der Waals surface area (Å²) in [5, 5.41) is 2.87. The number of nitrogens with zero attached hydrogens (tertiary/aromatic N) is 2. The summed E-state index contributed by atoms with van der Waals surface area (Å²) in [5.74, 6) is -0.346. The van der Waals surface area contributed by atoms with Gasteiger partial charge in [-0.1, -0.05) is 44.5 Å². The Labute approximate surface area is 290 Å². The maximum Gasteiger partial charge on any atom is 0.328 e. The molecule has 12 heteroatoms. The zero-order valence-electron chi connectivity index (χ0n) is 29.5. The van der Waals surface area contributed by atoms with Crippen molar-refractivity contribution >= 4 is 36.3 Å². The van der Waals surface area contributed by atoms with Crippen LogP contribution in [0, 0.1) is 5.92 Å². The van der Waals surface area contributed by atoms with Gasteiger partial charge in [-0.3, -0.25) is 14.4 Å². The van der Waals surface area contributed by atoms with Crippen molar-refractivity contribution in [3.63, 3.8) is 0 Å². The third kappa shape index (κ3) is 11.3. The Morgan fingerprint density at radius 3 is 1.88 bits per heavy atom. The Morgan fingerprint density at radius 2 is 1.40 bits per heavy atom. The zero-order chi connectivity index (χ0) is 36.0. The average Bonchev–Trinajstić information content (AvgIpc) is 3.11. The molecular weight excluding hydrogens is 634 g/mol. The predicted molar refractivity (Wildman–Crippen MR) is 188 cm³/mol. The molecule has 0 aliphatic rings. The van der Waals surface area contributed by atoms with Crippen molar-refractivity contribution in [1.29, 1.82) is 0 Å². The third-order valence-corrected chi connectivity index (χ3v) is 8.84. The lowest BCUT2D eigenvalue weighted by molar-refractivity contribution is -0.156. The summed E-state index contributed by atoms with van der Waals surface area (Å²) in [6.45, 7) is 7.33. The van der Waals surface area contributed by atoms with Crippen LogP contribution < -0.4 is 14.8 Å². The molecule has 0 unspecified atom stereocenters. The normalized spacial score (nSPS) is 14.5. The van der Waals surface area contributed by atoms with Gasteiger partial charge in [0.2, 0.25) is 17.7 Å². The number of rotatable bonds is 18. The topological polar surface area (TPSA) is 124 Å². The largest absolute Gasteiger partial charge is 0.497 e. The summed E-state index contributed by atoms with van der Waals surface area (Å²) in [5.41, 5.74) is 2.05. The molecule has 5 atom stereocenters. The lowest BCUT2D eigenvalue weighted by Gasteiger charge is -2.35. The molecule has 0 radical (unpaired) electrons. The molecule has 0 fully saturated rings. The number of carbonyl (C=O) groups excluding carboxylic acids is 4. The van der Waals surface area contributed by atoms with E-state index in [9.17, 15) is 19.2 Å². The Balaban J connectivity index is 2.28. The van der Waals surface area contributed by atoms with Crippen molar-refractivity contribution in [3.8, 4) is 11.5 Å². The number of methoxy groups -OCH3 is 3. The maximum atomic E-state index is 14.0. The van der Waals surface area contributed by atoms with Crippen LogP contribution in [0.2, 0.25) is 0 Å². The second-order valence-corrected chi connectivity index (χ2v) is 12.1. The minimum absolute atomic E-state index is 0.157. The molecule has 1 N–H and O–H groups in total. The second-order valence-electron chi connectivity index (χ2n) is 11.7. The highest BCUT2D eigenvalue weighted by molar-refractivity contribution is 7.80. The van der Waals surface area contributed by atoms with Gasteiger partial charge in [0.05, 0.1) is 34.0 Å². The average molecular weight is 686 g/mol. The van der Waals surface area contributed by atoms with E-state index in [0.29, 0.717) is 30.1 Å². The molecule has 0 saturated heterocycles. The fourth-order valence-electron chi connectivity index (χ4n) is 5.05. The Kier molecular flexibility index (Phi) is 16.5. The summed E-state index contributed by atoms with van der Waals surface area (Å²) in [7, 11) is 7.48. The molecule has 0 aliphatic carbocycles. The van der Waals surface area contributed by atoms with E-state index in [1.165, 1.54) is 31.0 Å². The van der Waals surface area contributed by atoms with Crippen LogP contribution in [0.25, 0.3) is 0 Å². The van der Waals surface area contributed by atoms with Crippen molar-refractivity contribution < 1.29 is 38.1 Å². The van der Waals surface area contributed by atoms with E-state index in [2.05, 4.69) is 17.9 Å². The number of hydrogen-bond acceptors (Lipinski definition) is 9. The summed E-state index contributed by atoms with van der Waals surface area (Å²) in [4.78, 5) is 56.3. The van der Waals surface area contributed by atoms with Gasteiger partial charge in [-0.05, 0) is 61.2 Å². The lowest BCUT2D eigenvalue weighted by atomic mass is 9.97. The predicted octanol–water partition coefficient (Wildman–Crippen LogP) is 4.09. The molecule has 264 valence electrons. The van der Waals surface area contributed by atoms with Crippen LogP contribution in [-0.2, 0) is 41.7 Å². The molecule has 0 aromatic heterocycles. The van der Waals surface area contributed by atoms with Gasteiger partial charge in [0.1, 0.15) is 29.6 Å². The summed E-state index contributed by atoms with van der Waals surface area (Å²) in [6, 6.07) is 11.9. The third-order valence-electron chi connectivity index (χ3n) is 8.48. The van der Waals surface area contributed by atoms with Gasteiger partial charge in [0, 0.05) is 31.8 Å². The number of esters is 1. The molecule has 2 rings (SSSR count). The first-order valence-corrected chi connectivity index (χ1v) is 16.5. The highest BCUT2D eigenvalue weighted by atomic mass is 32.1. The quantitative estimate of drug-likeness (QED) is 0.137. The first-order chi connectivity index (χ1) is 22.8. The fraction of sp³-hybridized carbons (Fsp3) is 0.500. The van der Waals surface area contributed by atoms with Crippen LogP contribution in [0.15, 0.2) is 60.2 Å². The molecule has 0 saturated carbocycles. The number of likely N-dealkylation sites (N-methyl/N-ethyl adjacent to an activating group) is 2. The molecule has 2 aromatic rings. The number of nitrogens with one attached hydrogen (secondary N) is 1.